The Morgan fingerprint density at radius 2 is 2.18 bits per heavy atom. The Labute approximate surface area is 110 Å². The molecule has 0 radical (unpaired) electrons. The number of rotatable bonds is 2. The van der Waals surface area contributed by atoms with Gasteiger partial charge in [0, 0.05) is 30.0 Å². The van der Waals surface area contributed by atoms with Gasteiger partial charge in [0.2, 0.25) is 10.0 Å². The maximum Gasteiger partial charge on any atom is 0.244 e. The Kier molecular flexibility index (Phi) is 3.65. The van der Waals surface area contributed by atoms with E-state index in [1.807, 2.05) is 6.92 Å². The summed E-state index contributed by atoms with van der Waals surface area (Å²) in [6.07, 6.45) is 5.80. The summed E-state index contributed by atoms with van der Waals surface area (Å²) in [6.45, 7) is 2.95. The predicted molar refractivity (Wildman–Crippen MR) is 69.1 cm³/mol. The third-order valence-electron chi connectivity index (χ3n) is 2.61. The molecule has 1 aliphatic rings. The van der Waals surface area contributed by atoms with Crippen molar-refractivity contribution in [2.75, 3.05) is 13.1 Å². The molecule has 0 unspecified atom stereocenters. The van der Waals surface area contributed by atoms with Gasteiger partial charge in [-0.2, -0.15) is 4.31 Å². The van der Waals surface area contributed by atoms with Gasteiger partial charge < -0.3 is 0 Å². The van der Waals surface area contributed by atoms with Crippen LogP contribution in [0.15, 0.2) is 39.5 Å². The SMILES string of the molecule is CC1=CCCN(S(=O)(=O)c2cncc(Br)c2)C1. The maximum absolute atomic E-state index is 12.3. The molecule has 0 fully saturated rings. The third-order valence-corrected chi connectivity index (χ3v) is 4.86. The third kappa shape index (κ3) is 2.75. The molecule has 1 aromatic heterocycles. The Balaban J connectivity index is 2.34. The topological polar surface area (TPSA) is 50.3 Å². The minimum Gasteiger partial charge on any atom is -0.262 e. The van der Waals surface area contributed by atoms with Crippen molar-refractivity contribution in [3.8, 4) is 0 Å². The lowest BCUT2D eigenvalue weighted by Crippen LogP contribution is -2.35. The summed E-state index contributed by atoms with van der Waals surface area (Å²) in [6, 6.07) is 1.58. The van der Waals surface area contributed by atoms with Gasteiger partial charge in [-0.15, -0.1) is 0 Å². The highest BCUT2D eigenvalue weighted by Gasteiger charge is 2.26. The summed E-state index contributed by atoms with van der Waals surface area (Å²) >= 11 is 3.23. The molecule has 4 nitrogen and oxygen atoms in total. The van der Waals surface area contributed by atoms with Gasteiger partial charge in [0.25, 0.3) is 0 Å². The van der Waals surface area contributed by atoms with Crippen LogP contribution in [0.3, 0.4) is 0 Å². The van der Waals surface area contributed by atoms with E-state index in [1.165, 1.54) is 10.5 Å². The first-order valence-corrected chi connectivity index (χ1v) is 7.50. The van der Waals surface area contributed by atoms with Crippen LogP contribution < -0.4 is 0 Å². The first kappa shape index (κ1) is 12.7. The fraction of sp³-hybridized carbons (Fsp3) is 0.364. The minimum absolute atomic E-state index is 0.238. The predicted octanol–water partition coefficient (Wildman–Crippen LogP) is 2.18. The highest BCUT2D eigenvalue weighted by Crippen LogP contribution is 2.21. The van der Waals surface area contributed by atoms with Crippen molar-refractivity contribution in [1.29, 1.82) is 0 Å². The molecule has 0 atom stereocenters. The summed E-state index contributed by atoms with van der Waals surface area (Å²) in [5.74, 6) is 0. The highest BCUT2D eigenvalue weighted by molar-refractivity contribution is 9.10. The van der Waals surface area contributed by atoms with Gasteiger partial charge in [-0.05, 0) is 35.3 Å². The Morgan fingerprint density at radius 1 is 1.41 bits per heavy atom. The minimum atomic E-state index is -3.42. The molecule has 0 saturated heterocycles. The molecule has 17 heavy (non-hydrogen) atoms. The van der Waals surface area contributed by atoms with Crippen LogP contribution in [-0.4, -0.2) is 30.8 Å². The summed E-state index contributed by atoms with van der Waals surface area (Å²) < 4.78 is 26.8. The van der Waals surface area contributed by atoms with Crippen LogP contribution in [-0.2, 0) is 10.0 Å². The lowest BCUT2D eigenvalue weighted by atomic mass is 10.2. The van der Waals surface area contributed by atoms with Gasteiger partial charge in [0.15, 0.2) is 0 Å². The number of hydrogen-bond acceptors (Lipinski definition) is 3. The van der Waals surface area contributed by atoms with Crippen LogP contribution in [0.1, 0.15) is 13.3 Å². The molecular formula is C11H13BrN2O2S. The van der Waals surface area contributed by atoms with Crippen molar-refractivity contribution in [2.45, 2.75) is 18.2 Å². The normalized spacial score (nSPS) is 17.9. The zero-order chi connectivity index (χ0) is 12.5. The first-order valence-electron chi connectivity index (χ1n) is 5.26. The molecule has 1 aromatic rings. The van der Waals surface area contributed by atoms with E-state index in [4.69, 9.17) is 0 Å². The van der Waals surface area contributed by atoms with Gasteiger partial charge in [0.05, 0.1) is 0 Å². The van der Waals surface area contributed by atoms with Gasteiger partial charge in [-0.1, -0.05) is 11.6 Å². The molecule has 0 amide bonds. The number of aromatic nitrogens is 1. The molecule has 0 saturated carbocycles. The average Bonchev–Trinajstić information content (AvgIpc) is 2.29. The van der Waals surface area contributed by atoms with Crippen molar-refractivity contribution in [3.05, 3.63) is 34.6 Å². The summed E-state index contributed by atoms with van der Waals surface area (Å²) in [5, 5.41) is 0. The van der Waals surface area contributed by atoms with E-state index in [0.717, 1.165) is 12.0 Å². The monoisotopic (exact) mass is 316 g/mol. The zero-order valence-corrected chi connectivity index (χ0v) is 11.8. The van der Waals surface area contributed by atoms with E-state index < -0.39 is 10.0 Å². The second-order valence-electron chi connectivity index (χ2n) is 4.02. The molecule has 2 heterocycles. The van der Waals surface area contributed by atoms with Crippen molar-refractivity contribution >= 4 is 26.0 Å². The van der Waals surface area contributed by atoms with E-state index in [-0.39, 0.29) is 4.90 Å². The first-order chi connectivity index (χ1) is 8.00. The van der Waals surface area contributed by atoms with Crippen LogP contribution in [0.2, 0.25) is 0 Å². The number of pyridine rings is 1. The molecule has 0 aromatic carbocycles. The van der Waals surface area contributed by atoms with Crippen LogP contribution in [0, 0.1) is 0 Å². The quantitative estimate of drug-likeness (QED) is 0.786. The van der Waals surface area contributed by atoms with Crippen molar-refractivity contribution in [1.82, 2.24) is 9.29 Å². The van der Waals surface area contributed by atoms with E-state index in [9.17, 15) is 8.42 Å². The lowest BCUT2D eigenvalue weighted by Gasteiger charge is -2.25. The fourth-order valence-corrected chi connectivity index (χ4v) is 3.77. The zero-order valence-electron chi connectivity index (χ0n) is 9.43. The molecule has 2 rings (SSSR count). The van der Waals surface area contributed by atoms with E-state index in [2.05, 4.69) is 27.0 Å². The van der Waals surface area contributed by atoms with Crippen LogP contribution in [0.4, 0.5) is 0 Å². The van der Waals surface area contributed by atoms with Crippen LogP contribution in [0.5, 0.6) is 0 Å². The molecular weight excluding hydrogens is 304 g/mol. The van der Waals surface area contributed by atoms with E-state index in [1.54, 1.807) is 12.3 Å². The number of halogens is 1. The van der Waals surface area contributed by atoms with Crippen molar-refractivity contribution in [2.24, 2.45) is 0 Å². The Hall–Kier alpha value is -0.720. The molecule has 0 aliphatic carbocycles. The number of hydrogen-bond donors (Lipinski definition) is 0. The smallest absolute Gasteiger partial charge is 0.244 e. The Bertz CT molecular complexity index is 554. The van der Waals surface area contributed by atoms with Gasteiger partial charge in [-0.3, -0.25) is 4.98 Å². The molecule has 92 valence electrons. The number of nitrogens with zero attached hydrogens (tertiary/aromatic N) is 2. The van der Waals surface area contributed by atoms with Crippen molar-refractivity contribution in [3.63, 3.8) is 0 Å². The van der Waals surface area contributed by atoms with Gasteiger partial charge in [0.1, 0.15) is 4.90 Å². The summed E-state index contributed by atoms with van der Waals surface area (Å²) in [5.41, 5.74) is 1.09. The maximum atomic E-state index is 12.3. The van der Waals surface area contributed by atoms with Crippen LogP contribution in [0.25, 0.3) is 0 Å². The Morgan fingerprint density at radius 3 is 2.82 bits per heavy atom. The molecule has 6 heteroatoms. The molecule has 1 aliphatic heterocycles. The van der Waals surface area contributed by atoms with Gasteiger partial charge >= 0.3 is 0 Å². The lowest BCUT2D eigenvalue weighted by molar-refractivity contribution is 0.427. The fourth-order valence-electron chi connectivity index (χ4n) is 1.76. The average molecular weight is 317 g/mol. The largest absolute Gasteiger partial charge is 0.262 e. The highest BCUT2D eigenvalue weighted by atomic mass is 79.9. The molecule has 0 N–H and O–H groups in total. The van der Waals surface area contributed by atoms with Crippen LogP contribution >= 0.6 is 15.9 Å². The standard InChI is InChI=1S/C11H13BrN2O2S/c1-9-3-2-4-14(8-9)17(15,16)11-5-10(12)6-13-7-11/h3,5-7H,2,4,8H2,1H3. The van der Waals surface area contributed by atoms with E-state index >= 15 is 0 Å². The number of sulfonamides is 1. The second kappa shape index (κ2) is 4.88. The molecule has 0 spiro atoms. The second-order valence-corrected chi connectivity index (χ2v) is 6.87. The summed E-state index contributed by atoms with van der Waals surface area (Å²) in [7, 11) is -3.42. The summed E-state index contributed by atoms with van der Waals surface area (Å²) in [4.78, 5) is 4.13. The van der Waals surface area contributed by atoms with Crippen molar-refractivity contribution < 1.29 is 8.42 Å². The van der Waals surface area contributed by atoms with Gasteiger partial charge in [-0.25, -0.2) is 8.42 Å². The van der Waals surface area contributed by atoms with E-state index in [0.29, 0.717) is 17.6 Å². The molecule has 0 bridgehead atoms.